The van der Waals surface area contributed by atoms with Gasteiger partial charge in [-0.15, -0.1) is 0 Å². The Labute approximate surface area is 133 Å². The van der Waals surface area contributed by atoms with Gasteiger partial charge in [0.2, 0.25) is 5.91 Å². The predicted molar refractivity (Wildman–Crippen MR) is 92.7 cm³/mol. The zero-order chi connectivity index (χ0) is 16.1. The maximum atomic E-state index is 12.3. The molecule has 3 heteroatoms. The van der Waals surface area contributed by atoms with Gasteiger partial charge < -0.3 is 10.6 Å². The Hall–Kier alpha value is -1.87. The molecule has 118 valence electrons. The molecule has 2 aromatic carbocycles. The molecule has 1 atom stereocenters. The number of amides is 1. The first-order chi connectivity index (χ1) is 10.5. The minimum Gasteiger partial charge on any atom is -0.344 e. The molecule has 0 aliphatic heterocycles. The third-order valence-electron chi connectivity index (χ3n) is 4.02. The molecule has 0 radical (unpaired) electrons. The molecule has 0 aliphatic rings. The number of nitrogens with zero attached hydrogens (tertiary/aromatic N) is 1. The quantitative estimate of drug-likeness (QED) is 0.890. The molecule has 0 saturated heterocycles. The number of likely N-dealkylation sites (N-methyl/N-ethyl adjacent to an activating group) is 1. The number of benzene rings is 2. The van der Waals surface area contributed by atoms with Crippen LogP contribution < -0.4 is 5.73 Å². The van der Waals surface area contributed by atoms with Crippen LogP contribution in [-0.4, -0.2) is 30.4 Å². The summed E-state index contributed by atoms with van der Waals surface area (Å²) in [6.07, 6.45) is 1.58. The van der Waals surface area contributed by atoms with Crippen molar-refractivity contribution in [3.8, 4) is 0 Å². The molecule has 2 N–H and O–H groups in total. The molecule has 0 fully saturated rings. The molecule has 0 spiro atoms. The van der Waals surface area contributed by atoms with Crippen LogP contribution in [-0.2, 0) is 11.2 Å². The van der Waals surface area contributed by atoms with Crippen LogP contribution in [0.3, 0.4) is 0 Å². The molecule has 2 rings (SSSR count). The number of hydrogen-bond acceptors (Lipinski definition) is 2. The average Bonchev–Trinajstić information content (AvgIpc) is 2.51. The highest BCUT2D eigenvalue weighted by atomic mass is 16.2. The second kappa shape index (κ2) is 7.41. The number of carbonyl (C=O) groups excluding carboxylic acids is 1. The Kier molecular flexibility index (Phi) is 5.56. The smallest absolute Gasteiger partial charge is 0.239 e. The van der Waals surface area contributed by atoms with Crippen molar-refractivity contribution in [3.05, 3.63) is 48.0 Å². The third-order valence-corrected chi connectivity index (χ3v) is 4.02. The van der Waals surface area contributed by atoms with Crippen molar-refractivity contribution < 1.29 is 4.79 Å². The Bertz CT molecular complexity index is 631. The van der Waals surface area contributed by atoms with Crippen molar-refractivity contribution in [3.63, 3.8) is 0 Å². The van der Waals surface area contributed by atoms with Crippen LogP contribution in [0.1, 0.15) is 25.8 Å². The van der Waals surface area contributed by atoms with E-state index < -0.39 is 6.04 Å². The van der Waals surface area contributed by atoms with Gasteiger partial charge in [-0.1, -0.05) is 56.3 Å². The van der Waals surface area contributed by atoms with Gasteiger partial charge in [-0.25, -0.2) is 0 Å². The Balaban J connectivity index is 2.01. The molecule has 3 nitrogen and oxygen atoms in total. The third kappa shape index (κ3) is 4.08. The van der Waals surface area contributed by atoms with Gasteiger partial charge in [-0.2, -0.15) is 0 Å². The summed E-state index contributed by atoms with van der Waals surface area (Å²) in [6, 6.07) is 14.3. The molecule has 0 aromatic heterocycles. The van der Waals surface area contributed by atoms with Crippen LogP contribution in [0.15, 0.2) is 42.5 Å². The SMILES string of the molecule is CC(C)C[C@H](N)C(=O)N(C)CCc1cccc2ccccc12. The molecule has 0 bridgehead atoms. The lowest BCUT2D eigenvalue weighted by atomic mass is 10.0. The second-order valence-electron chi connectivity index (χ2n) is 6.38. The maximum Gasteiger partial charge on any atom is 0.239 e. The van der Waals surface area contributed by atoms with Gasteiger partial charge in [0.05, 0.1) is 6.04 Å². The van der Waals surface area contributed by atoms with Crippen LogP contribution in [0.5, 0.6) is 0 Å². The fourth-order valence-corrected chi connectivity index (χ4v) is 2.80. The summed E-state index contributed by atoms with van der Waals surface area (Å²) < 4.78 is 0. The standard InChI is InChI=1S/C19H26N2O/c1-14(2)13-18(20)19(22)21(3)12-11-16-9-6-8-15-7-4-5-10-17(15)16/h4-10,14,18H,11-13,20H2,1-3H3/t18-/m0/s1. The molecule has 0 aliphatic carbocycles. The first-order valence-electron chi connectivity index (χ1n) is 7.96. The van der Waals surface area contributed by atoms with Crippen molar-refractivity contribution in [1.82, 2.24) is 4.90 Å². The molecular weight excluding hydrogens is 272 g/mol. The number of fused-ring (bicyclic) bond motifs is 1. The Morgan fingerprint density at radius 1 is 1.14 bits per heavy atom. The molecular formula is C19H26N2O. The minimum absolute atomic E-state index is 0.0361. The van der Waals surface area contributed by atoms with Crippen LogP contribution in [0.2, 0.25) is 0 Å². The highest BCUT2D eigenvalue weighted by molar-refractivity contribution is 5.86. The minimum atomic E-state index is -0.391. The van der Waals surface area contributed by atoms with E-state index >= 15 is 0 Å². The predicted octanol–water partition coefficient (Wildman–Crippen LogP) is 3.21. The lowest BCUT2D eigenvalue weighted by molar-refractivity contribution is -0.131. The number of carbonyl (C=O) groups is 1. The normalized spacial score (nSPS) is 12.6. The largest absolute Gasteiger partial charge is 0.344 e. The molecule has 2 aromatic rings. The topological polar surface area (TPSA) is 46.3 Å². The van der Waals surface area contributed by atoms with Gasteiger partial charge >= 0.3 is 0 Å². The van der Waals surface area contributed by atoms with Gasteiger partial charge in [0.25, 0.3) is 0 Å². The average molecular weight is 298 g/mol. The summed E-state index contributed by atoms with van der Waals surface area (Å²) in [5.41, 5.74) is 7.26. The highest BCUT2D eigenvalue weighted by Gasteiger charge is 2.18. The fraction of sp³-hybridized carbons (Fsp3) is 0.421. The Morgan fingerprint density at radius 3 is 2.55 bits per heavy atom. The molecule has 1 amide bonds. The van der Waals surface area contributed by atoms with Crippen molar-refractivity contribution in [2.75, 3.05) is 13.6 Å². The van der Waals surface area contributed by atoms with E-state index in [1.165, 1.54) is 16.3 Å². The summed E-state index contributed by atoms with van der Waals surface area (Å²) in [5.74, 6) is 0.472. The lowest BCUT2D eigenvalue weighted by Gasteiger charge is -2.22. The van der Waals surface area contributed by atoms with Gasteiger partial charge in [-0.3, -0.25) is 4.79 Å². The fourth-order valence-electron chi connectivity index (χ4n) is 2.80. The van der Waals surface area contributed by atoms with E-state index in [9.17, 15) is 4.79 Å². The lowest BCUT2D eigenvalue weighted by Crippen LogP contribution is -2.43. The zero-order valence-electron chi connectivity index (χ0n) is 13.8. The van der Waals surface area contributed by atoms with E-state index in [2.05, 4.69) is 50.2 Å². The van der Waals surface area contributed by atoms with Crippen molar-refractivity contribution in [1.29, 1.82) is 0 Å². The molecule has 0 unspecified atom stereocenters. The summed E-state index contributed by atoms with van der Waals surface area (Å²) in [7, 11) is 1.84. The van der Waals surface area contributed by atoms with Gasteiger partial charge in [0.1, 0.15) is 0 Å². The van der Waals surface area contributed by atoms with E-state index in [1.54, 1.807) is 4.90 Å². The van der Waals surface area contributed by atoms with Crippen molar-refractivity contribution >= 4 is 16.7 Å². The van der Waals surface area contributed by atoms with Crippen molar-refractivity contribution in [2.45, 2.75) is 32.7 Å². The molecule has 0 saturated carbocycles. The van der Waals surface area contributed by atoms with E-state index in [4.69, 9.17) is 5.73 Å². The van der Waals surface area contributed by atoms with Crippen LogP contribution >= 0.6 is 0 Å². The van der Waals surface area contributed by atoms with E-state index in [1.807, 2.05) is 13.1 Å². The van der Waals surface area contributed by atoms with Crippen molar-refractivity contribution in [2.24, 2.45) is 11.7 Å². The Morgan fingerprint density at radius 2 is 1.82 bits per heavy atom. The number of nitrogens with two attached hydrogens (primary N) is 1. The van der Waals surface area contributed by atoms with Gasteiger partial charge in [0, 0.05) is 13.6 Å². The van der Waals surface area contributed by atoms with Gasteiger partial charge in [-0.05, 0) is 35.1 Å². The molecule has 0 heterocycles. The second-order valence-corrected chi connectivity index (χ2v) is 6.38. The van der Waals surface area contributed by atoms with Crippen LogP contribution in [0, 0.1) is 5.92 Å². The monoisotopic (exact) mass is 298 g/mol. The number of rotatable bonds is 6. The highest BCUT2D eigenvalue weighted by Crippen LogP contribution is 2.19. The first-order valence-corrected chi connectivity index (χ1v) is 7.96. The van der Waals surface area contributed by atoms with E-state index in [0.717, 1.165) is 12.8 Å². The summed E-state index contributed by atoms with van der Waals surface area (Å²) >= 11 is 0. The summed E-state index contributed by atoms with van der Waals surface area (Å²) in [6.45, 7) is 4.87. The molecule has 22 heavy (non-hydrogen) atoms. The van der Waals surface area contributed by atoms with Crippen LogP contribution in [0.25, 0.3) is 10.8 Å². The zero-order valence-corrected chi connectivity index (χ0v) is 13.8. The number of hydrogen-bond donors (Lipinski definition) is 1. The van der Waals surface area contributed by atoms with E-state index in [-0.39, 0.29) is 5.91 Å². The summed E-state index contributed by atoms with van der Waals surface area (Å²) in [4.78, 5) is 14.0. The maximum absolute atomic E-state index is 12.3. The first kappa shape index (κ1) is 16.5. The van der Waals surface area contributed by atoms with Gasteiger partial charge in [0.15, 0.2) is 0 Å². The summed E-state index contributed by atoms with van der Waals surface area (Å²) in [5, 5.41) is 2.50. The van der Waals surface area contributed by atoms with E-state index in [0.29, 0.717) is 12.5 Å². The van der Waals surface area contributed by atoms with Crippen LogP contribution in [0.4, 0.5) is 0 Å².